The van der Waals surface area contributed by atoms with Gasteiger partial charge < -0.3 is 19.7 Å². The molecule has 1 aliphatic heterocycles. The highest BCUT2D eigenvalue weighted by atomic mass is 19.1. The van der Waals surface area contributed by atoms with Gasteiger partial charge in [0.2, 0.25) is 0 Å². The summed E-state index contributed by atoms with van der Waals surface area (Å²) in [5, 5.41) is 2.36. The molecule has 0 aromatic heterocycles. The van der Waals surface area contributed by atoms with Gasteiger partial charge in [-0.15, -0.1) is 0 Å². The third-order valence-corrected chi connectivity index (χ3v) is 5.51. The Morgan fingerprint density at radius 1 is 1.15 bits per heavy atom. The van der Waals surface area contributed by atoms with Crippen LogP contribution in [-0.4, -0.2) is 32.8 Å². The maximum atomic E-state index is 13.9. The van der Waals surface area contributed by atoms with Crippen molar-refractivity contribution in [2.45, 2.75) is 39.0 Å². The average Bonchev–Trinajstić information content (AvgIpc) is 3.15. The molecule has 1 aliphatic rings. The van der Waals surface area contributed by atoms with Crippen molar-refractivity contribution in [2.75, 3.05) is 26.7 Å². The van der Waals surface area contributed by atoms with Crippen LogP contribution in [0.2, 0.25) is 0 Å². The normalized spacial score (nSPS) is 19.2. The molecule has 0 aliphatic carbocycles. The van der Waals surface area contributed by atoms with Gasteiger partial charge in [-0.25, -0.2) is 4.39 Å². The summed E-state index contributed by atoms with van der Waals surface area (Å²) in [6, 6.07) is 13.4. The van der Waals surface area contributed by atoms with E-state index in [4.69, 9.17) is 9.47 Å². The summed E-state index contributed by atoms with van der Waals surface area (Å²) >= 11 is 0. The lowest BCUT2D eigenvalue weighted by Gasteiger charge is -2.19. The van der Waals surface area contributed by atoms with Crippen molar-refractivity contribution in [3.63, 3.8) is 0 Å². The van der Waals surface area contributed by atoms with E-state index in [0.717, 1.165) is 24.7 Å². The van der Waals surface area contributed by atoms with Gasteiger partial charge >= 0.3 is 0 Å². The van der Waals surface area contributed by atoms with Crippen LogP contribution in [0, 0.1) is 5.82 Å². The van der Waals surface area contributed by atoms with E-state index in [0.29, 0.717) is 17.1 Å². The van der Waals surface area contributed by atoms with Crippen LogP contribution in [0.15, 0.2) is 42.5 Å². The molecule has 1 saturated heterocycles. The lowest BCUT2D eigenvalue weighted by Crippen LogP contribution is -3.16. The number of nitrogens with two attached hydrogens (primary N) is 1. The zero-order chi connectivity index (χ0) is 19.1. The Morgan fingerprint density at radius 2 is 1.96 bits per heavy atom. The number of rotatable bonds is 9. The Kier molecular flexibility index (Phi) is 7.07. The predicted octanol–water partition coefficient (Wildman–Crippen LogP) is 1.54. The molecule has 0 spiro atoms. The van der Waals surface area contributed by atoms with Gasteiger partial charge in [0, 0.05) is 18.4 Å². The summed E-state index contributed by atoms with van der Waals surface area (Å²) in [5.74, 6) is 1.16. The topological polar surface area (TPSA) is 39.5 Å². The molecule has 0 amide bonds. The van der Waals surface area contributed by atoms with Crippen molar-refractivity contribution < 1.29 is 24.1 Å². The van der Waals surface area contributed by atoms with Crippen molar-refractivity contribution in [1.82, 2.24) is 0 Å². The minimum absolute atomic E-state index is 0.191. The summed E-state index contributed by atoms with van der Waals surface area (Å²) in [5.41, 5.74) is 1.63. The molecule has 3 rings (SSSR count). The zero-order valence-electron chi connectivity index (χ0n) is 16.3. The molecule has 2 atom stereocenters. The Labute approximate surface area is 161 Å². The fourth-order valence-electron chi connectivity index (χ4n) is 3.99. The van der Waals surface area contributed by atoms with Crippen molar-refractivity contribution >= 4 is 0 Å². The van der Waals surface area contributed by atoms with E-state index in [1.54, 1.807) is 24.1 Å². The zero-order valence-corrected chi connectivity index (χ0v) is 16.3. The fourth-order valence-corrected chi connectivity index (χ4v) is 3.99. The van der Waals surface area contributed by atoms with Crippen molar-refractivity contribution in [3.05, 3.63) is 59.4 Å². The van der Waals surface area contributed by atoms with E-state index in [1.165, 1.54) is 32.0 Å². The van der Waals surface area contributed by atoms with Crippen LogP contribution in [0.3, 0.4) is 0 Å². The molecule has 2 aromatic rings. The van der Waals surface area contributed by atoms with E-state index >= 15 is 0 Å². The predicted molar refractivity (Wildman–Crippen MR) is 104 cm³/mol. The molecule has 1 unspecified atom stereocenters. The first kappa shape index (κ1) is 19.6. The first-order chi connectivity index (χ1) is 13.2. The Hall–Kier alpha value is -2.11. The minimum Gasteiger partial charge on any atom is -0.493 e. The standard InChI is InChI=1S/C22H29FN2O2/c1-3-25-13-7-10-19(25)15-24-14-17-9-6-12-21(26-2)22(17)27-16-18-8-4-5-11-20(18)23/h4-6,8-9,11-12,19,24H,3,7,10,13-16H2,1-2H3/p+2/t19-/m1/s1. The number of nitrogens with one attached hydrogen (secondary N) is 1. The average molecular weight is 375 g/mol. The van der Waals surface area contributed by atoms with Crippen LogP contribution in [0.25, 0.3) is 0 Å². The highest BCUT2D eigenvalue weighted by molar-refractivity contribution is 5.46. The van der Waals surface area contributed by atoms with Crippen LogP contribution < -0.4 is 19.7 Å². The number of halogens is 1. The second-order valence-corrected chi connectivity index (χ2v) is 7.16. The lowest BCUT2D eigenvalue weighted by atomic mass is 10.1. The lowest BCUT2D eigenvalue weighted by molar-refractivity contribution is -0.925. The molecule has 0 radical (unpaired) electrons. The molecular weight excluding hydrogens is 343 g/mol. The van der Waals surface area contributed by atoms with E-state index in [9.17, 15) is 4.39 Å². The molecule has 2 aromatic carbocycles. The third kappa shape index (κ3) is 4.99. The smallest absolute Gasteiger partial charge is 0.170 e. The van der Waals surface area contributed by atoms with Gasteiger partial charge in [0.15, 0.2) is 11.5 Å². The molecule has 146 valence electrons. The van der Waals surface area contributed by atoms with Crippen molar-refractivity contribution in [1.29, 1.82) is 0 Å². The maximum Gasteiger partial charge on any atom is 0.170 e. The fraction of sp³-hybridized carbons (Fsp3) is 0.455. The van der Waals surface area contributed by atoms with E-state index < -0.39 is 0 Å². The summed E-state index contributed by atoms with van der Waals surface area (Å²) in [6.07, 6.45) is 2.65. The summed E-state index contributed by atoms with van der Waals surface area (Å²) in [7, 11) is 1.64. The number of para-hydroxylation sites is 1. The molecule has 4 nitrogen and oxygen atoms in total. The number of methoxy groups -OCH3 is 1. The Balaban J connectivity index is 1.65. The minimum atomic E-state index is -0.246. The monoisotopic (exact) mass is 374 g/mol. The van der Waals surface area contributed by atoms with Crippen LogP contribution in [-0.2, 0) is 13.2 Å². The van der Waals surface area contributed by atoms with E-state index in [2.05, 4.69) is 18.3 Å². The van der Waals surface area contributed by atoms with Crippen LogP contribution >= 0.6 is 0 Å². The van der Waals surface area contributed by atoms with Gasteiger partial charge in [-0.2, -0.15) is 0 Å². The third-order valence-electron chi connectivity index (χ3n) is 5.51. The number of likely N-dealkylation sites (N-methyl/N-ethyl adjacent to an activating group) is 1. The van der Waals surface area contributed by atoms with E-state index in [-0.39, 0.29) is 12.4 Å². The Morgan fingerprint density at radius 3 is 2.74 bits per heavy atom. The summed E-state index contributed by atoms with van der Waals surface area (Å²) in [4.78, 5) is 1.72. The number of benzene rings is 2. The molecule has 5 heteroatoms. The van der Waals surface area contributed by atoms with Crippen molar-refractivity contribution in [2.24, 2.45) is 0 Å². The Bertz CT molecular complexity index is 738. The molecular formula is C22H31FN2O2+2. The number of likely N-dealkylation sites (tertiary alicyclic amines) is 1. The van der Waals surface area contributed by atoms with Crippen LogP contribution in [0.4, 0.5) is 4.39 Å². The molecule has 1 fully saturated rings. The number of quaternary nitrogens is 2. The SMILES string of the molecule is CC[NH+]1CCC[C@@H]1C[NH2+]Cc1cccc(OC)c1OCc1ccccc1F. The quantitative estimate of drug-likeness (QED) is 0.699. The molecule has 0 saturated carbocycles. The first-order valence-electron chi connectivity index (χ1n) is 9.91. The van der Waals surface area contributed by atoms with Gasteiger partial charge in [0.25, 0.3) is 0 Å². The van der Waals surface area contributed by atoms with Gasteiger partial charge in [-0.3, -0.25) is 0 Å². The van der Waals surface area contributed by atoms with Gasteiger partial charge in [-0.1, -0.05) is 24.3 Å². The van der Waals surface area contributed by atoms with Crippen molar-refractivity contribution in [3.8, 4) is 11.5 Å². The number of ether oxygens (including phenoxy) is 2. The second-order valence-electron chi connectivity index (χ2n) is 7.16. The first-order valence-corrected chi connectivity index (χ1v) is 9.91. The van der Waals surface area contributed by atoms with Gasteiger partial charge in [0.1, 0.15) is 31.6 Å². The van der Waals surface area contributed by atoms with Gasteiger partial charge in [-0.05, 0) is 25.1 Å². The second kappa shape index (κ2) is 9.72. The number of hydrogen-bond acceptors (Lipinski definition) is 2. The van der Waals surface area contributed by atoms with Crippen LogP contribution in [0.5, 0.6) is 11.5 Å². The number of hydrogen-bond donors (Lipinski definition) is 2. The van der Waals surface area contributed by atoms with Crippen LogP contribution in [0.1, 0.15) is 30.9 Å². The molecule has 27 heavy (non-hydrogen) atoms. The highest BCUT2D eigenvalue weighted by Gasteiger charge is 2.28. The summed E-state index contributed by atoms with van der Waals surface area (Å²) < 4.78 is 25.4. The largest absolute Gasteiger partial charge is 0.493 e. The molecule has 0 bridgehead atoms. The maximum absolute atomic E-state index is 13.9. The molecule has 1 heterocycles. The van der Waals surface area contributed by atoms with E-state index in [1.807, 2.05) is 18.2 Å². The summed E-state index contributed by atoms with van der Waals surface area (Å²) in [6.45, 7) is 6.91. The van der Waals surface area contributed by atoms with Gasteiger partial charge in [0.05, 0.1) is 25.8 Å². The molecule has 3 N–H and O–H groups in total. The highest BCUT2D eigenvalue weighted by Crippen LogP contribution is 2.31.